The monoisotopic (exact) mass is 168 g/mol. The quantitative estimate of drug-likeness (QED) is 0.561. The average Bonchev–Trinajstić information content (AvgIpc) is 2.00. The molecule has 2 N–H and O–H groups in total. The standard InChI is InChI=1S/C10H16O2/c11-9-7-3-4-8(10(9)12)6-2-1-5(6)7/h5-12H,1-4H2. The minimum Gasteiger partial charge on any atom is -0.390 e. The molecule has 0 radical (unpaired) electrons. The third-order valence-corrected chi connectivity index (χ3v) is 4.54. The molecule has 0 aromatic carbocycles. The molecule has 4 aliphatic rings. The van der Waals surface area contributed by atoms with E-state index in [1.807, 2.05) is 0 Å². The molecule has 0 saturated heterocycles. The van der Waals surface area contributed by atoms with E-state index in [0.29, 0.717) is 11.8 Å². The fourth-order valence-electron chi connectivity index (χ4n) is 3.78. The summed E-state index contributed by atoms with van der Waals surface area (Å²) in [4.78, 5) is 0. The predicted octanol–water partition coefficient (Wildman–Crippen LogP) is 0.774. The maximum absolute atomic E-state index is 9.74. The van der Waals surface area contributed by atoms with Crippen LogP contribution in [0.5, 0.6) is 0 Å². The second kappa shape index (κ2) is 2.24. The SMILES string of the molecule is OC1C(O)C2CCC1C1CCC21. The maximum atomic E-state index is 9.74. The first-order valence-corrected chi connectivity index (χ1v) is 5.15. The summed E-state index contributed by atoms with van der Waals surface area (Å²) < 4.78 is 0. The summed E-state index contributed by atoms with van der Waals surface area (Å²) in [6.07, 6.45) is 4.12. The molecule has 4 rings (SSSR count). The molecule has 12 heavy (non-hydrogen) atoms. The lowest BCUT2D eigenvalue weighted by molar-refractivity contribution is -0.190. The van der Waals surface area contributed by atoms with Gasteiger partial charge in [-0.3, -0.25) is 0 Å². The van der Waals surface area contributed by atoms with Crippen molar-refractivity contribution >= 4 is 0 Å². The number of rotatable bonds is 0. The summed E-state index contributed by atoms with van der Waals surface area (Å²) in [6, 6.07) is 0. The maximum Gasteiger partial charge on any atom is 0.0832 e. The zero-order valence-electron chi connectivity index (χ0n) is 7.19. The number of aliphatic hydroxyl groups is 2. The van der Waals surface area contributed by atoms with E-state index < -0.39 is 12.2 Å². The summed E-state index contributed by atoms with van der Waals surface area (Å²) in [5.41, 5.74) is 0. The summed E-state index contributed by atoms with van der Waals surface area (Å²) in [7, 11) is 0. The van der Waals surface area contributed by atoms with Crippen molar-refractivity contribution in [3.8, 4) is 0 Å². The Morgan fingerprint density at radius 3 is 1.25 bits per heavy atom. The number of hydrogen-bond donors (Lipinski definition) is 2. The Morgan fingerprint density at radius 1 is 0.583 bits per heavy atom. The van der Waals surface area contributed by atoms with E-state index in [2.05, 4.69) is 0 Å². The van der Waals surface area contributed by atoms with E-state index in [1.54, 1.807) is 0 Å². The van der Waals surface area contributed by atoms with Crippen LogP contribution in [0.2, 0.25) is 0 Å². The normalized spacial score (nSPS) is 62.5. The summed E-state index contributed by atoms with van der Waals surface area (Å²) >= 11 is 0. The van der Waals surface area contributed by atoms with Crippen molar-refractivity contribution < 1.29 is 10.2 Å². The van der Waals surface area contributed by atoms with Crippen LogP contribution >= 0.6 is 0 Å². The van der Waals surface area contributed by atoms with Crippen LogP contribution in [0.15, 0.2) is 0 Å². The lowest BCUT2D eigenvalue weighted by atomic mass is 9.48. The molecule has 68 valence electrons. The van der Waals surface area contributed by atoms with Crippen molar-refractivity contribution in [2.24, 2.45) is 23.7 Å². The zero-order chi connectivity index (χ0) is 8.29. The van der Waals surface area contributed by atoms with Crippen LogP contribution in [-0.4, -0.2) is 22.4 Å². The third-order valence-electron chi connectivity index (χ3n) is 4.54. The molecule has 0 spiro atoms. The van der Waals surface area contributed by atoms with Gasteiger partial charge in [0.25, 0.3) is 0 Å². The van der Waals surface area contributed by atoms with Crippen LogP contribution in [0.4, 0.5) is 0 Å². The molecule has 0 aromatic heterocycles. The molecular formula is C10H16O2. The molecule has 4 fully saturated rings. The highest BCUT2D eigenvalue weighted by atomic mass is 16.3. The fourth-order valence-corrected chi connectivity index (χ4v) is 3.78. The molecule has 6 atom stereocenters. The Hall–Kier alpha value is -0.0800. The van der Waals surface area contributed by atoms with Crippen LogP contribution in [0.3, 0.4) is 0 Å². The largest absolute Gasteiger partial charge is 0.390 e. The van der Waals surface area contributed by atoms with E-state index in [-0.39, 0.29) is 0 Å². The van der Waals surface area contributed by atoms with E-state index in [9.17, 15) is 10.2 Å². The summed E-state index contributed by atoms with van der Waals surface area (Å²) in [5.74, 6) is 2.40. The highest BCUT2D eigenvalue weighted by Gasteiger charge is 2.56. The molecule has 2 heteroatoms. The first-order chi connectivity index (χ1) is 5.79. The van der Waals surface area contributed by atoms with Gasteiger partial charge < -0.3 is 10.2 Å². The van der Waals surface area contributed by atoms with Crippen molar-refractivity contribution in [2.45, 2.75) is 37.9 Å². The van der Waals surface area contributed by atoms with Gasteiger partial charge in [-0.2, -0.15) is 0 Å². The highest BCUT2D eigenvalue weighted by molar-refractivity contribution is 5.05. The molecule has 2 nitrogen and oxygen atoms in total. The second-order valence-electron chi connectivity index (χ2n) is 4.79. The van der Waals surface area contributed by atoms with Crippen molar-refractivity contribution in [3.63, 3.8) is 0 Å². The van der Waals surface area contributed by atoms with Crippen LogP contribution in [-0.2, 0) is 0 Å². The lowest BCUT2D eigenvalue weighted by Gasteiger charge is -2.59. The molecule has 0 heterocycles. The first kappa shape index (κ1) is 7.34. The Balaban J connectivity index is 1.91. The van der Waals surface area contributed by atoms with Gasteiger partial charge in [-0.1, -0.05) is 0 Å². The van der Waals surface area contributed by atoms with Gasteiger partial charge in [0.05, 0.1) is 12.2 Å². The molecule has 0 amide bonds. The number of aliphatic hydroxyl groups excluding tert-OH is 2. The Bertz CT molecular complexity index is 174. The Morgan fingerprint density at radius 2 is 0.917 bits per heavy atom. The van der Waals surface area contributed by atoms with Crippen molar-refractivity contribution in [1.29, 1.82) is 0 Å². The smallest absolute Gasteiger partial charge is 0.0832 e. The van der Waals surface area contributed by atoms with Crippen LogP contribution < -0.4 is 0 Å². The minimum atomic E-state index is -0.398. The second-order valence-corrected chi connectivity index (χ2v) is 4.79. The summed E-state index contributed by atoms with van der Waals surface area (Å²) in [6.45, 7) is 0. The van der Waals surface area contributed by atoms with Gasteiger partial charge in [0.15, 0.2) is 0 Å². The molecule has 0 aliphatic heterocycles. The fraction of sp³-hybridized carbons (Fsp3) is 1.00. The van der Waals surface area contributed by atoms with E-state index in [0.717, 1.165) is 24.7 Å². The van der Waals surface area contributed by atoms with Crippen LogP contribution in [0, 0.1) is 23.7 Å². The van der Waals surface area contributed by atoms with Crippen molar-refractivity contribution in [1.82, 2.24) is 0 Å². The first-order valence-electron chi connectivity index (χ1n) is 5.15. The average molecular weight is 168 g/mol. The topological polar surface area (TPSA) is 40.5 Å². The van der Waals surface area contributed by atoms with Crippen LogP contribution in [0.1, 0.15) is 25.7 Å². The van der Waals surface area contributed by atoms with E-state index in [1.165, 1.54) is 12.8 Å². The van der Waals surface area contributed by atoms with Crippen molar-refractivity contribution in [3.05, 3.63) is 0 Å². The van der Waals surface area contributed by atoms with Gasteiger partial charge in [0, 0.05) is 0 Å². The predicted molar refractivity (Wildman–Crippen MR) is 44.4 cm³/mol. The van der Waals surface area contributed by atoms with Gasteiger partial charge in [-0.15, -0.1) is 0 Å². The number of hydrogen-bond acceptors (Lipinski definition) is 2. The van der Waals surface area contributed by atoms with E-state index >= 15 is 0 Å². The molecule has 6 unspecified atom stereocenters. The molecule has 4 saturated carbocycles. The van der Waals surface area contributed by atoms with Gasteiger partial charge in [-0.05, 0) is 49.4 Å². The van der Waals surface area contributed by atoms with Crippen molar-refractivity contribution in [2.75, 3.05) is 0 Å². The molecule has 4 aliphatic carbocycles. The van der Waals surface area contributed by atoms with Gasteiger partial charge >= 0.3 is 0 Å². The zero-order valence-corrected chi connectivity index (χ0v) is 7.19. The van der Waals surface area contributed by atoms with Gasteiger partial charge in [0.2, 0.25) is 0 Å². The highest BCUT2D eigenvalue weighted by Crippen LogP contribution is 2.57. The van der Waals surface area contributed by atoms with Gasteiger partial charge in [-0.25, -0.2) is 0 Å². The minimum absolute atomic E-state index is 0.398. The lowest BCUT2D eigenvalue weighted by Crippen LogP contribution is -2.60. The third kappa shape index (κ3) is 0.686. The van der Waals surface area contributed by atoms with E-state index in [4.69, 9.17) is 0 Å². The van der Waals surface area contributed by atoms with Crippen LogP contribution in [0.25, 0.3) is 0 Å². The summed E-state index contributed by atoms with van der Waals surface area (Å²) in [5, 5.41) is 19.5. The number of fused-ring (bicyclic) bond motifs is 2. The molecule has 0 aromatic rings. The van der Waals surface area contributed by atoms with Gasteiger partial charge in [0.1, 0.15) is 0 Å². The molecular weight excluding hydrogens is 152 g/mol. The Labute approximate surface area is 72.6 Å². The molecule has 2 bridgehead atoms. The Kier molecular flexibility index (Phi) is 1.37.